The van der Waals surface area contributed by atoms with E-state index in [2.05, 4.69) is 0 Å². The van der Waals surface area contributed by atoms with Crippen molar-refractivity contribution in [1.82, 2.24) is 0 Å². The number of thiocarbonyl (C=S) groups is 1. The van der Waals surface area contributed by atoms with Crippen LogP contribution in [-0.2, 0) is 4.74 Å². The Hall–Kier alpha value is -0.150. The molecule has 60 valence electrons. The van der Waals surface area contributed by atoms with E-state index in [0.29, 0.717) is 4.99 Å². The van der Waals surface area contributed by atoms with Gasteiger partial charge in [0.05, 0.1) is 0 Å². The van der Waals surface area contributed by atoms with Crippen LogP contribution in [-0.4, -0.2) is 17.7 Å². The molecule has 2 nitrogen and oxygen atoms in total. The predicted octanol–water partition coefficient (Wildman–Crippen LogP) is 1.48. The van der Waals surface area contributed by atoms with E-state index < -0.39 is 0 Å². The van der Waals surface area contributed by atoms with Gasteiger partial charge in [-0.05, 0) is 12.8 Å². The zero-order valence-corrected chi connectivity index (χ0v) is 7.62. The van der Waals surface area contributed by atoms with Gasteiger partial charge in [0.1, 0.15) is 10.6 Å². The fourth-order valence-electron chi connectivity index (χ4n) is 0.988. The fraction of sp³-hybridized carbons (Fsp3) is 0.857. The van der Waals surface area contributed by atoms with Crippen molar-refractivity contribution >= 4 is 17.2 Å². The van der Waals surface area contributed by atoms with Gasteiger partial charge in [-0.2, -0.15) is 0 Å². The third kappa shape index (κ3) is 1.67. The maximum atomic E-state index is 5.51. The highest BCUT2D eigenvalue weighted by molar-refractivity contribution is 7.80. The molecule has 0 aromatic heterocycles. The molecule has 0 saturated heterocycles. The highest BCUT2D eigenvalue weighted by atomic mass is 32.1. The summed E-state index contributed by atoms with van der Waals surface area (Å²) >= 11 is 4.88. The Labute approximate surface area is 67.7 Å². The van der Waals surface area contributed by atoms with Crippen LogP contribution in [0.25, 0.3) is 0 Å². The summed E-state index contributed by atoms with van der Waals surface area (Å²) in [4.78, 5) is 0.458. The average molecular weight is 161 g/mol. The maximum absolute atomic E-state index is 5.51. The fourth-order valence-corrected chi connectivity index (χ4v) is 1.36. The number of hydrogen-bond acceptors (Lipinski definition) is 2. The van der Waals surface area contributed by atoms with Gasteiger partial charge in [0.2, 0.25) is 0 Å². The van der Waals surface area contributed by atoms with Gasteiger partial charge in [-0.1, -0.05) is 26.1 Å². The lowest BCUT2D eigenvalue weighted by atomic mass is 9.97. The second-order valence-electron chi connectivity index (χ2n) is 2.27. The molecular weight excluding hydrogens is 146 g/mol. The minimum absolute atomic E-state index is 0.366. The summed E-state index contributed by atoms with van der Waals surface area (Å²) in [5.41, 5.74) is 5.14. The first-order valence-electron chi connectivity index (χ1n) is 3.48. The molecule has 0 bridgehead atoms. The Balaban J connectivity index is 4.31. The third-order valence-corrected chi connectivity index (χ3v) is 2.35. The van der Waals surface area contributed by atoms with E-state index in [9.17, 15) is 0 Å². The summed E-state index contributed by atoms with van der Waals surface area (Å²) in [6.07, 6.45) is 1.69. The number of rotatable bonds is 4. The molecule has 3 heteroatoms. The van der Waals surface area contributed by atoms with E-state index in [1.165, 1.54) is 0 Å². The molecule has 0 heterocycles. The summed E-state index contributed by atoms with van der Waals surface area (Å²) in [5.74, 6) is 0. The first-order chi connectivity index (χ1) is 4.63. The first kappa shape index (κ1) is 9.85. The molecule has 0 aliphatic carbocycles. The highest BCUT2D eigenvalue weighted by Crippen LogP contribution is 2.19. The molecule has 10 heavy (non-hydrogen) atoms. The quantitative estimate of drug-likeness (QED) is 0.634. The monoisotopic (exact) mass is 161 g/mol. The van der Waals surface area contributed by atoms with Crippen LogP contribution in [0.15, 0.2) is 0 Å². The number of ether oxygens (including phenoxy) is 1. The van der Waals surface area contributed by atoms with Crippen LogP contribution in [0.3, 0.4) is 0 Å². The Morgan fingerprint density at radius 2 is 1.90 bits per heavy atom. The van der Waals surface area contributed by atoms with Crippen LogP contribution < -0.4 is 5.73 Å². The van der Waals surface area contributed by atoms with Crippen molar-refractivity contribution in [3.05, 3.63) is 0 Å². The van der Waals surface area contributed by atoms with Gasteiger partial charge in [-0.3, -0.25) is 0 Å². The molecule has 0 saturated carbocycles. The van der Waals surface area contributed by atoms with Gasteiger partial charge >= 0.3 is 0 Å². The minimum Gasteiger partial charge on any atom is -0.391 e. The Bertz CT molecular complexity index is 113. The predicted molar refractivity (Wildman–Crippen MR) is 47.1 cm³/mol. The van der Waals surface area contributed by atoms with Crippen LogP contribution in [0.4, 0.5) is 0 Å². The number of hydrogen-bond donors (Lipinski definition) is 1. The standard InChI is InChI=1S/C7H15NOS/c1-4-7(5-2,9-3)6(8)10/h4-5H2,1-3H3,(H2,8,10). The van der Waals surface area contributed by atoms with Crippen molar-refractivity contribution in [2.45, 2.75) is 32.3 Å². The molecule has 0 unspecified atom stereocenters. The normalized spacial score (nSPS) is 11.5. The lowest BCUT2D eigenvalue weighted by molar-refractivity contribution is 0.0447. The van der Waals surface area contributed by atoms with Gasteiger partial charge in [0.25, 0.3) is 0 Å². The van der Waals surface area contributed by atoms with Crippen molar-refractivity contribution < 1.29 is 4.74 Å². The van der Waals surface area contributed by atoms with Crippen LogP contribution in [0.1, 0.15) is 26.7 Å². The molecule has 0 atom stereocenters. The lowest BCUT2D eigenvalue weighted by Crippen LogP contribution is -2.43. The van der Waals surface area contributed by atoms with Gasteiger partial charge in [-0.15, -0.1) is 0 Å². The van der Waals surface area contributed by atoms with Gasteiger partial charge in [0, 0.05) is 7.11 Å². The SMILES string of the molecule is CCC(CC)(OC)C(N)=S. The van der Waals surface area contributed by atoms with Crippen LogP contribution in [0, 0.1) is 0 Å². The van der Waals surface area contributed by atoms with E-state index in [4.69, 9.17) is 22.7 Å². The molecule has 0 spiro atoms. The molecule has 2 N–H and O–H groups in total. The largest absolute Gasteiger partial charge is 0.391 e. The molecular formula is C7H15NOS. The van der Waals surface area contributed by atoms with E-state index in [1.54, 1.807) is 7.11 Å². The van der Waals surface area contributed by atoms with Crippen LogP contribution in [0.2, 0.25) is 0 Å². The molecule has 0 aromatic carbocycles. The summed E-state index contributed by atoms with van der Waals surface area (Å²) in [7, 11) is 1.64. The van der Waals surface area contributed by atoms with Crippen LogP contribution in [0.5, 0.6) is 0 Å². The highest BCUT2D eigenvalue weighted by Gasteiger charge is 2.28. The molecule has 0 aliphatic heterocycles. The summed E-state index contributed by atoms with van der Waals surface area (Å²) in [6.45, 7) is 4.04. The van der Waals surface area contributed by atoms with E-state index in [-0.39, 0.29) is 5.60 Å². The zero-order chi connectivity index (χ0) is 8.20. The molecule has 0 amide bonds. The third-order valence-electron chi connectivity index (χ3n) is 1.98. The van der Waals surface area contributed by atoms with Crippen molar-refractivity contribution in [3.63, 3.8) is 0 Å². The van der Waals surface area contributed by atoms with Crippen molar-refractivity contribution in [1.29, 1.82) is 0 Å². The number of nitrogens with two attached hydrogens (primary N) is 1. The molecule has 0 rings (SSSR count). The summed E-state index contributed by atoms with van der Waals surface area (Å²) in [6, 6.07) is 0. The van der Waals surface area contributed by atoms with Gasteiger partial charge in [-0.25, -0.2) is 0 Å². The average Bonchev–Trinajstić information content (AvgIpc) is 1.92. The van der Waals surface area contributed by atoms with Crippen molar-refractivity contribution in [2.24, 2.45) is 5.73 Å². The minimum atomic E-state index is -0.366. The second kappa shape index (κ2) is 3.88. The second-order valence-corrected chi connectivity index (χ2v) is 2.71. The maximum Gasteiger partial charge on any atom is 0.117 e. The molecule has 0 aromatic rings. The smallest absolute Gasteiger partial charge is 0.117 e. The Kier molecular flexibility index (Phi) is 3.83. The van der Waals surface area contributed by atoms with Crippen molar-refractivity contribution in [3.8, 4) is 0 Å². The molecule has 0 radical (unpaired) electrons. The molecule has 0 fully saturated rings. The van der Waals surface area contributed by atoms with Crippen LogP contribution >= 0.6 is 12.2 Å². The summed E-state index contributed by atoms with van der Waals surface area (Å²) in [5, 5.41) is 0. The van der Waals surface area contributed by atoms with Crippen molar-refractivity contribution in [2.75, 3.05) is 7.11 Å². The van der Waals surface area contributed by atoms with E-state index >= 15 is 0 Å². The summed E-state index contributed by atoms with van der Waals surface area (Å²) < 4.78 is 5.23. The van der Waals surface area contributed by atoms with Gasteiger partial charge < -0.3 is 10.5 Å². The van der Waals surface area contributed by atoms with E-state index in [0.717, 1.165) is 12.8 Å². The zero-order valence-electron chi connectivity index (χ0n) is 6.81. The first-order valence-corrected chi connectivity index (χ1v) is 3.88. The number of methoxy groups -OCH3 is 1. The Morgan fingerprint density at radius 3 is 1.90 bits per heavy atom. The molecule has 0 aliphatic rings. The van der Waals surface area contributed by atoms with Gasteiger partial charge in [0.15, 0.2) is 0 Å². The topological polar surface area (TPSA) is 35.2 Å². The lowest BCUT2D eigenvalue weighted by Gasteiger charge is -2.28. The Morgan fingerprint density at radius 1 is 1.50 bits per heavy atom. The van der Waals surface area contributed by atoms with E-state index in [1.807, 2.05) is 13.8 Å².